The fourth-order valence-electron chi connectivity index (χ4n) is 6.59. The SMILES string of the molecule is C[C@H]1[C@@H](CO)[C@@H]2C[C@H]3c4[nH]c5ccccc5c4C[C@@H]([C@@H]2C2OCCO2)N31. The molecule has 5 aliphatic rings. The number of para-hydroxylation sites is 1. The van der Waals surface area contributed by atoms with E-state index in [0.29, 0.717) is 49.1 Å². The molecule has 138 valence electrons. The summed E-state index contributed by atoms with van der Waals surface area (Å²) in [5.41, 5.74) is 4.14. The number of aliphatic hydroxyl groups excluding tert-OH is 1. The first-order valence-electron chi connectivity index (χ1n) is 9.99. The van der Waals surface area contributed by atoms with Crippen LogP contribution in [-0.4, -0.2) is 53.2 Å². The van der Waals surface area contributed by atoms with Crippen molar-refractivity contribution in [2.45, 2.75) is 44.2 Å². The summed E-state index contributed by atoms with van der Waals surface area (Å²) in [7, 11) is 0. The van der Waals surface area contributed by atoms with E-state index < -0.39 is 0 Å². The van der Waals surface area contributed by atoms with E-state index in [-0.39, 0.29) is 12.9 Å². The summed E-state index contributed by atoms with van der Waals surface area (Å²) in [6.45, 7) is 3.95. The Bertz CT molecular complexity index is 843. The molecule has 0 amide bonds. The predicted molar refractivity (Wildman–Crippen MR) is 97.7 cm³/mol. The third kappa shape index (κ3) is 1.89. The Morgan fingerprint density at radius 2 is 2.04 bits per heavy atom. The van der Waals surface area contributed by atoms with Gasteiger partial charge in [0.05, 0.1) is 19.3 Å². The van der Waals surface area contributed by atoms with Gasteiger partial charge in [-0.2, -0.15) is 0 Å². The summed E-state index contributed by atoms with van der Waals surface area (Å²) < 4.78 is 12.0. The number of benzene rings is 1. The maximum absolute atomic E-state index is 10.1. The van der Waals surface area contributed by atoms with Crippen LogP contribution >= 0.6 is 0 Å². The van der Waals surface area contributed by atoms with E-state index in [4.69, 9.17) is 9.47 Å². The largest absolute Gasteiger partial charge is 0.396 e. The lowest BCUT2D eigenvalue weighted by Gasteiger charge is -2.63. The Balaban J connectivity index is 1.50. The summed E-state index contributed by atoms with van der Waals surface area (Å²) in [4.78, 5) is 6.40. The molecule has 7 rings (SSSR count). The number of nitrogens with zero attached hydrogens (tertiary/aromatic N) is 1. The van der Waals surface area contributed by atoms with Crippen LogP contribution in [0.5, 0.6) is 0 Å². The smallest absolute Gasteiger partial charge is 0.162 e. The molecule has 1 aromatic carbocycles. The third-order valence-electron chi connectivity index (χ3n) is 7.58. The van der Waals surface area contributed by atoms with Gasteiger partial charge >= 0.3 is 0 Å². The fraction of sp³-hybridized carbons (Fsp3) is 0.619. The summed E-state index contributed by atoms with van der Waals surface area (Å²) in [6.07, 6.45) is 2.02. The Labute approximate surface area is 153 Å². The molecule has 2 N–H and O–H groups in total. The van der Waals surface area contributed by atoms with E-state index in [1.807, 2.05) is 0 Å². The zero-order valence-corrected chi connectivity index (χ0v) is 15.1. The molecule has 0 spiro atoms. The Hall–Kier alpha value is -1.40. The van der Waals surface area contributed by atoms with Crippen molar-refractivity contribution in [2.75, 3.05) is 19.8 Å². The van der Waals surface area contributed by atoms with Crippen molar-refractivity contribution in [1.29, 1.82) is 0 Å². The van der Waals surface area contributed by atoms with E-state index in [0.717, 1.165) is 12.8 Å². The quantitative estimate of drug-likeness (QED) is 0.870. The molecular weight excluding hydrogens is 328 g/mol. The normalized spacial score (nSPS) is 41.7. The first-order chi connectivity index (χ1) is 12.8. The minimum atomic E-state index is -0.109. The van der Waals surface area contributed by atoms with E-state index in [9.17, 15) is 5.11 Å². The highest BCUT2D eigenvalue weighted by atomic mass is 16.7. The Kier molecular flexibility index (Phi) is 3.34. The molecule has 0 radical (unpaired) electrons. The molecule has 7 atom stereocenters. The standard InChI is InChI=1S/C21H26N2O3/c1-11-15(10-24)13-8-18-20-14(12-4-2-3-5-16(12)22-20)9-17(23(11)18)19(13)21-25-6-7-26-21/h2-5,11,13,15,17-19,21-22,24H,6-10H2,1H3/t11-,13-,15+,17-,18-,19+/m0/s1. The second kappa shape index (κ2) is 5.55. The van der Waals surface area contributed by atoms with Crippen LogP contribution in [0.2, 0.25) is 0 Å². The molecule has 0 saturated carbocycles. The molecule has 5 heteroatoms. The van der Waals surface area contributed by atoms with Gasteiger partial charge in [0, 0.05) is 47.1 Å². The van der Waals surface area contributed by atoms with Crippen LogP contribution in [0, 0.1) is 17.8 Å². The van der Waals surface area contributed by atoms with Crippen LogP contribution in [0.4, 0.5) is 0 Å². The third-order valence-corrected chi connectivity index (χ3v) is 7.58. The molecule has 1 aromatic heterocycles. The molecule has 4 saturated heterocycles. The van der Waals surface area contributed by atoms with Crippen molar-refractivity contribution in [2.24, 2.45) is 17.8 Å². The van der Waals surface area contributed by atoms with Crippen molar-refractivity contribution >= 4 is 10.9 Å². The molecule has 5 nitrogen and oxygen atoms in total. The highest BCUT2D eigenvalue weighted by Crippen LogP contribution is 2.57. The van der Waals surface area contributed by atoms with E-state index >= 15 is 0 Å². The predicted octanol–water partition coefficient (Wildman–Crippen LogP) is 2.46. The lowest BCUT2D eigenvalue weighted by Crippen LogP contribution is -2.68. The van der Waals surface area contributed by atoms with Gasteiger partial charge in [0.15, 0.2) is 6.29 Å². The van der Waals surface area contributed by atoms with Crippen LogP contribution in [0.15, 0.2) is 24.3 Å². The number of H-pyrrole nitrogens is 1. The van der Waals surface area contributed by atoms with E-state index in [1.165, 1.54) is 22.2 Å². The zero-order chi connectivity index (χ0) is 17.4. The topological polar surface area (TPSA) is 57.7 Å². The molecule has 5 aliphatic heterocycles. The average Bonchev–Trinajstić information content (AvgIpc) is 3.30. The second-order valence-electron chi connectivity index (χ2n) is 8.47. The number of rotatable bonds is 2. The molecule has 0 aliphatic carbocycles. The number of ether oxygens (including phenoxy) is 2. The number of aromatic amines is 1. The van der Waals surface area contributed by atoms with Gasteiger partial charge in [0.2, 0.25) is 0 Å². The minimum absolute atomic E-state index is 0.109. The Morgan fingerprint density at radius 1 is 1.23 bits per heavy atom. The molecular formula is C21H26N2O3. The molecule has 1 unspecified atom stereocenters. The number of fused-ring (bicyclic) bond motifs is 4. The van der Waals surface area contributed by atoms with Crippen LogP contribution in [0.25, 0.3) is 10.9 Å². The minimum Gasteiger partial charge on any atom is -0.396 e. The maximum Gasteiger partial charge on any atom is 0.162 e. The summed E-state index contributed by atoms with van der Waals surface area (Å²) >= 11 is 0. The van der Waals surface area contributed by atoms with Gasteiger partial charge < -0.3 is 19.6 Å². The molecule has 4 bridgehead atoms. The van der Waals surface area contributed by atoms with Gasteiger partial charge in [0.25, 0.3) is 0 Å². The van der Waals surface area contributed by atoms with Gasteiger partial charge in [-0.3, -0.25) is 4.90 Å². The number of piperidine rings is 3. The number of nitrogens with one attached hydrogen (secondary N) is 1. The highest BCUT2D eigenvalue weighted by molar-refractivity contribution is 5.85. The van der Waals surface area contributed by atoms with Crippen molar-refractivity contribution in [1.82, 2.24) is 9.88 Å². The second-order valence-corrected chi connectivity index (χ2v) is 8.47. The number of hydrogen-bond donors (Lipinski definition) is 2. The summed E-state index contributed by atoms with van der Waals surface area (Å²) in [5, 5.41) is 11.5. The van der Waals surface area contributed by atoms with Gasteiger partial charge in [-0.05, 0) is 37.3 Å². The molecule has 2 aromatic rings. The van der Waals surface area contributed by atoms with Gasteiger partial charge in [-0.25, -0.2) is 0 Å². The first-order valence-corrected chi connectivity index (χ1v) is 9.99. The van der Waals surface area contributed by atoms with Crippen LogP contribution in [0.3, 0.4) is 0 Å². The summed E-state index contributed by atoms with van der Waals surface area (Å²) in [5.74, 6) is 1.12. The Morgan fingerprint density at radius 3 is 2.85 bits per heavy atom. The molecule has 4 fully saturated rings. The number of aromatic nitrogens is 1. The van der Waals surface area contributed by atoms with Gasteiger partial charge in [0.1, 0.15) is 0 Å². The van der Waals surface area contributed by atoms with E-state index in [1.54, 1.807) is 0 Å². The molecule has 6 heterocycles. The lowest BCUT2D eigenvalue weighted by atomic mass is 9.59. The number of aliphatic hydroxyl groups is 1. The maximum atomic E-state index is 10.1. The first kappa shape index (κ1) is 15.6. The van der Waals surface area contributed by atoms with Crippen molar-refractivity contribution in [3.8, 4) is 0 Å². The van der Waals surface area contributed by atoms with Gasteiger partial charge in [-0.1, -0.05) is 18.2 Å². The van der Waals surface area contributed by atoms with Crippen molar-refractivity contribution < 1.29 is 14.6 Å². The van der Waals surface area contributed by atoms with Crippen molar-refractivity contribution in [3.63, 3.8) is 0 Å². The molecule has 26 heavy (non-hydrogen) atoms. The van der Waals surface area contributed by atoms with Crippen LogP contribution in [-0.2, 0) is 15.9 Å². The van der Waals surface area contributed by atoms with Crippen LogP contribution < -0.4 is 0 Å². The monoisotopic (exact) mass is 354 g/mol. The van der Waals surface area contributed by atoms with E-state index in [2.05, 4.69) is 41.1 Å². The summed E-state index contributed by atoms with van der Waals surface area (Å²) in [6, 6.07) is 9.94. The fourth-order valence-corrected chi connectivity index (χ4v) is 6.59. The van der Waals surface area contributed by atoms with Crippen LogP contribution in [0.1, 0.15) is 30.6 Å². The van der Waals surface area contributed by atoms with Crippen molar-refractivity contribution in [3.05, 3.63) is 35.5 Å². The zero-order valence-electron chi connectivity index (χ0n) is 15.1. The number of hydrogen-bond acceptors (Lipinski definition) is 4. The average molecular weight is 354 g/mol. The highest BCUT2D eigenvalue weighted by Gasteiger charge is 2.60. The van der Waals surface area contributed by atoms with Gasteiger partial charge in [-0.15, -0.1) is 0 Å². The lowest BCUT2D eigenvalue weighted by molar-refractivity contribution is -0.213.